The van der Waals surface area contributed by atoms with Crippen LogP contribution in [-0.2, 0) is 6.42 Å². The first-order valence-electron chi connectivity index (χ1n) is 6.49. The summed E-state index contributed by atoms with van der Waals surface area (Å²) < 4.78 is 0. The Morgan fingerprint density at radius 1 is 1.35 bits per heavy atom. The molecule has 1 fully saturated rings. The van der Waals surface area contributed by atoms with E-state index < -0.39 is 0 Å². The van der Waals surface area contributed by atoms with Crippen molar-refractivity contribution in [2.45, 2.75) is 52.5 Å². The van der Waals surface area contributed by atoms with Crippen LogP contribution < -0.4 is 11.1 Å². The lowest BCUT2D eigenvalue weighted by Gasteiger charge is -2.16. The first-order valence-corrected chi connectivity index (χ1v) is 6.49. The number of anilines is 2. The highest BCUT2D eigenvalue weighted by atomic mass is 15.1. The number of hydrogen-bond donors (Lipinski definition) is 2. The SMILES string of the molecule is CCc1nc(N)c(C)c(NC2CCC(C)C2)n1. The summed E-state index contributed by atoms with van der Waals surface area (Å²) in [5.74, 6) is 3.16. The van der Waals surface area contributed by atoms with Gasteiger partial charge in [0.1, 0.15) is 17.5 Å². The maximum atomic E-state index is 5.91. The van der Waals surface area contributed by atoms with E-state index in [2.05, 4.69) is 22.2 Å². The molecule has 0 bridgehead atoms. The Morgan fingerprint density at radius 3 is 2.71 bits per heavy atom. The van der Waals surface area contributed by atoms with Crippen LogP contribution in [0.15, 0.2) is 0 Å². The molecule has 94 valence electrons. The van der Waals surface area contributed by atoms with Crippen LogP contribution >= 0.6 is 0 Å². The van der Waals surface area contributed by atoms with Crippen molar-refractivity contribution in [1.82, 2.24) is 9.97 Å². The van der Waals surface area contributed by atoms with Crippen molar-refractivity contribution in [3.63, 3.8) is 0 Å². The molecule has 1 aliphatic rings. The molecule has 4 nitrogen and oxygen atoms in total. The molecule has 1 aromatic heterocycles. The summed E-state index contributed by atoms with van der Waals surface area (Å²) in [6.07, 6.45) is 4.58. The number of nitrogens with two attached hydrogens (primary N) is 1. The fourth-order valence-electron chi connectivity index (χ4n) is 2.41. The molecule has 3 N–H and O–H groups in total. The maximum absolute atomic E-state index is 5.91. The minimum Gasteiger partial charge on any atom is -0.383 e. The minimum atomic E-state index is 0.544. The van der Waals surface area contributed by atoms with E-state index in [1.807, 2.05) is 13.8 Å². The van der Waals surface area contributed by atoms with Crippen molar-refractivity contribution >= 4 is 11.6 Å². The normalized spacial score (nSPS) is 23.9. The van der Waals surface area contributed by atoms with Gasteiger partial charge in [-0.05, 0) is 32.1 Å². The summed E-state index contributed by atoms with van der Waals surface area (Å²) in [7, 11) is 0. The minimum absolute atomic E-state index is 0.544. The van der Waals surface area contributed by atoms with Gasteiger partial charge in [-0.25, -0.2) is 9.97 Å². The van der Waals surface area contributed by atoms with Gasteiger partial charge in [-0.1, -0.05) is 13.8 Å². The molecule has 1 aliphatic carbocycles. The van der Waals surface area contributed by atoms with E-state index in [-0.39, 0.29) is 0 Å². The smallest absolute Gasteiger partial charge is 0.134 e. The third-order valence-corrected chi connectivity index (χ3v) is 3.58. The van der Waals surface area contributed by atoms with Gasteiger partial charge in [-0.2, -0.15) is 0 Å². The predicted octanol–water partition coefficient (Wildman–Crippen LogP) is 2.53. The van der Waals surface area contributed by atoms with Gasteiger partial charge in [0.15, 0.2) is 0 Å². The van der Waals surface area contributed by atoms with Crippen LogP contribution in [0.3, 0.4) is 0 Å². The highest BCUT2D eigenvalue weighted by Crippen LogP contribution is 2.28. The monoisotopic (exact) mass is 234 g/mol. The van der Waals surface area contributed by atoms with Gasteiger partial charge in [0.25, 0.3) is 0 Å². The molecule has 0 aliphatic heterocycles. The van der Waals surface area contributed by atoms with E-state index in [0.29, 0.717) is 11.9 Å². The second-order valence-electron chi connectivity index (χ2n) is 5.11. The fraction of sp³-hybridized carbons (Fsp3) is 0.692. The molecule has 0 aromatic carbocycles. The van der Waals surface area contributed by atoms with Crippen LogP contribution in [0.5, 0.6) is 0 Å². The second-order valence-corrected chi connectivity index (χ2v) is 5.11. The van der Waals surface area contributed by atoms with Crippen molar-refractivity contribution in [3.8, 4) is 0 Å². The Bertz CT molecular complexity index is 403. The van der Waals surface area contributed by atoms with Crippen LogP contribution in [0.4, 0.5) is 11.6 Å². The van der Waals surface area contributed by atoms with Gasteiger partial charge in [-0.15, -0.1) is 0 Å². The summed E-state index contributed by atoms with van der Waals surface area (Å²) >= 11 is 0. The molecule has 0 saturated heterocycles. The summed E-state index contributed by atoms with van der Waals surface area (Å²) in [6.45, 7) is 6.33. The van der Waals surface area contributed by atoms with Gasteiger partial charge < -0.3 is 11.1 Å². The van der Waals surface area contributed by atoms with Crippen LogP contribution in [0.25, 0.3) is 0 Å². The van der Waals surface area contributed by atoms with Crippen molar-refractivity contribution < 1.29 is 0 Å². The molecule has 17 heavy (non-hydrogen) atoms. The maximum Gasteiger partial charge on any atom is 0.134 e. The van der Waals surface area contributed by atoms with Crippen molar-refractivity contribution in [3.05, 3.63) is 11.4 Å². The number of rotatable bonds is 3. The van der Waals surface area contributed by atoms with E-state index >= 15 is 0 Å². The van der Waals surface area contributed by atoms with Crippen molar-refractivity contribution in [2.75, 3.05) is 11.1 Å². The third-order valence-electron chi connectivity index (χ3n) is 3.58. The molecule has 2 atom stereocenters. The second kappa shape index (κ2) is 4.90. The van der Waals surface area contributed by atoms with E-state index in [4.69, 9.17) is 5.73 Å². The van der Waals surface area contributed by atoms with E-state index in [1.165, 1.54) is 19.3 Å². The van der Waals surface area contributed by atoms with Crippen molar-refractivity contribution in [2.24, 2.45) is 5.92 Å². The zero-order chi connectivity index (χ0) is 12.4. The predicted molar refractivity (Wildman–Crippen MR) is 71.0 cm³/mol. The number of nitrogens with zero attached hydrogens (tertiary/aromatic N) is 2. The van der Waals surface area contributed by atoms with E-state index in [9.17, 15) is 0 Å². The van der Waals surface area contributed by atoms with Crippen LogP contribution in [0.1, 0.15) is 44.5 Å². The molecule has 4 heteroatoms. The molecule has 0 spiro atoms. The number of aromatic nitrogens is 2. The lowest BCUT2D eigenvalue weighted by atomic mass is 10.1. The first kappa shape index (κ1) is 12.1. The first-order chi connectivity index (χ1) is 8.10. The zero-order valence-corrected chi connectivity index (χ0v) is 11.0. The Balaban J connectivity index is 2.17. The highest BCUT2D eigenvalue weighted by Gasteiger charge is 2.22. The number of aryl methyl sites for hydroxylation is 1. The van der Waals surface area contributed by atoms with Gasteiger partial charge in [0.2, 0.25) is 0 Å². The molecule has 1 aromatic rings. The highest BCUT2D eigenvalue weighted by molar-refractivity contribution is 5.55. The summed E-state index contributed by atoms with van der Waals surface area (Å²) in [6, 6.07) is 0.544. The largest absolute Gasteiger partial charge is 0.383 e. The Labute approximate surface area is 103 Å². The molecule has 2 unspecified atom stereocenters. The Hall–Kier alpha value is -1.32. The zero-order valence-electron chi connectivity index (χ0n) is 11.0. The lowest BCUT2D eigenvalue weighted by Crippen LogP contribution is -2.18. The molecule has 2 rings (SSSR count). The Morgan fingerprint density at radius 2 is 2.12 bits per heavy atom. The summed E-state index contributed by atoms with van der Waals surface area (Å²) in [4.78, 5) is 8.81. The van der Waals surface area contributed by atoms with Crippen LogP contribution in [0, 0.1) is 12.8 Å². The van der Waals surface area contributed by atoms with Gasteiger partial charge in [-0.3, -0.25) is 0 Å². The third kappa shape index (κ3) is 2.68. The molecular weight excluding hydrogens is 212 g/mol. The average Bonchev–Trinajstić information content (AvgIpc) is 2.70. The number of nitrogen functional groups attached to an aromatic ring is 1. The quantitative estimate of drug-likeness (QED) is 0.843. The molecule has 1 saturated carbocycles. The standard InChI is InChI=1S/C13H22N4/c1-4-11-16-12(14)9(3)13(17-11)15-10-6-5-8(2)7-10/h8,10H,4-7H2,1-3H3,(H3,14,15,16,17). The number of hydrogen-bond acceptors (Lipinski definition) is 4. The summed E-state index contributed by atoms with van der Waals surface area (Å²) in [5.41, 5.74) is 6.88. The summed E-state index contributed by atoms with van der Waals surface area (Å²) in [5, 5.41) is 3.52. The van der Waals surface area contributed by atoms with Gasteiger partial charge in [0, 0.05) is 18.0 Å². The molecule has 0 amide bonds. The molecular formula is C13H22N4. The average molecular weight is 234 g/mol. The van der Waals surface area contributed by atoms with Crippen LogP contribution in [0.2, 0.25) is 0 Å². The van der Waals surface area contributed by atoms with Gasteiger partial charge in [0.05, 0.1) is 0 Å². The van der Waals surface area contributed by atoms with E-state index in [0.717, 1.165) is 29.5 Å². The Kier molecular flexibility index (Phi) is 3.50. The van der Waals surface area contributed by atoms with Gasteiger partial charge >= 0.3 is 0 Å². The van der Waals surface area contributed by atoms with E-state index in [1.54, 1.807) is 0 Å². The number of nitrogens with one attached hydrogen (secondary N) is 1. The lowest BCUT2D eigenvalue weighted by molar-refractivity contribution is 0.602. The molecule has 0 radical (unpaired) electrons. The molecule has 1 heterocycles. The van der Waals surface area contributed by atoms with Crippen molar-refractivity contribution in [1.29, 1.82) is 0 Å². The van der Waals surface area contributed by atoms with Crippen LogP contribution in [-0.4, -0.2) is 16.0 Å². The topological polar surface area (TPSA) is 63.8 Å². The fourth-order valence-corrected chi connectivity index (χ4v) is 2.41.